The molecular formula is C14H25N3O2S. The Labute approximate surface area is 125 Å². The number of ether oxygens (including phenoxy) is 1. The molecule has 0 aliphatic heterocycles. The van der Waals surface area contributed by atoms with Crippen molar-refractivity contribution < 1.29 is 9.53 Å². The van der Waals surface area contributed by atoms with E-state index in [9.17, 15) is 4.79 Å². The van der Waals surface area contributed by atoms with Gasteiger partial charge in [0.1, 0.15) is 5.60 Å². The number of amides is 1. The molecule has 114 valence electrons. The van der Waals surface area contributed by atoms with Gasteiger partial charge in [0, 0.05) is 24.5 Å². The van der Waals surface area contributed by atoms with Gasteiger partial charge in [0.05, 0.1) is 10.7 Å². The van der Waals surface area contributed by atoms with E-state index in [1.165, 1.54) is 0 Å². The summed E-state index contributed by atoms with van der Waals surface area (Å²) in [7, 11) is 0. The average Bonchev–Trinajstić information content (AvgIpc) is 2.71. The maximum absolute atomic E-state index is 11.7. The summed E-state index contributed by atoms with van der Waals surface area (Å²) < 4.78 is 5.25. The number of aryl methyl sites for hydroxylation is 1. The number of aromatic nitrogens is 1. The summed E-state index contributed by atoms with van der Waals surface area (Å²) >= 11 is 1.65. The molecule has 2 N–H and O–H groups in total. The molecule has 0 aliphatic carbocycles. The number of rotatable bonds is 6. The van der Waals surface area contributed by atoms with Gasteiger partial charge in [-0.05, 0) is 34.1 Å². The van der Waals surface area contributed by atoms with Gasteiger partial charge in [-0.3, -0.25) is 0 Å². The molecule has 1 heterocycles. The second-order valence-electron chi connectivity index (χ2n) is 5.74. The molecule has 0 saturated carbocycles. The highest BCUT2D eigenvalue weighted by molar-refractivity contribution is 7.09. The molecule has 0 spiro atoms. The van der Waals surface area contributed by atoms with E-state index in [1.807, 2.05) is 40.0 Å². The summed E-state index contributed by atoms with van der Waals surface area (Å²) in [4.78, 5) is 16.1. The van der Waals surface area contributed by atoms with Crippen molar-refractivity contribution in [3.05, 3.63) is 16.1 Å². The van der Waals surface area contributed by atoms with Crippen LogP contribution in [0.3, 0.4) is 0 Å². The molecule has 1 atom stereocenters. The number of hydrogen-bond acceptors (Lipinski definition) is 5. The minimum atomic E-state index is -0.464. The monoisotopic (exact) mass is 299 g/mol. The minimum absolute atomic E-state index is 0.0598. The van der Waals surface area contributed by atoms with Crippen molar-refractivity contribution >= 4 is 17.4 Å². The highest BCUT2D eigenvalue weighted by atomic mass is 32.1. The van der Waals surface area contributed by atoms with Crippen LogP contribution in [-0.2, 0) is 11.3 Å². The maximum Gasteiger partial charge on any atom is 0.407 e. The van der Waals surface area contributed by atoms with Crippen molar-refractivity contribution in [3.8, 4) is 0 Å². The molecule has 1 rings (SSSR count). The lowest BCUT2D eigenvalue weighted by molar-refractivity contribution is 0.0502. The van der Waals surface area contributed by atoms with Gasteiger partial charge in [-0.1, -0.05) is 6.92 Å². The van der Waals surface area contributed by atoms with Gasteiger partial charge in [-0.2, -0.15) is 0 Å². The third-order valence-corrected chi connectivity index (χ3v) is 3.40. The molecule has 20 heavy (non-hydrogen) atoms. The predicted octanol–water partition coefficient (Wildman–Crippen LogP) is 2.84. The summed E-state index contributed by atoms with van der Waals surface area (Å²) in [5, 5.41) is 9.30. The van der Waals surface area contributed by atoms with E-state index in [4.69, 9.17) is 4.74 Å². The van der Waals surface area contributed by atoms with Gasteiger partial charge < -0.3 is 15.4 Å². The van der Waals surface area contributed by atoms with E-state index in [2.05, 4.69) is 15.6 Å². The summed E-state index contributed by atoms with van der Waals surface area (Å²) in [5.74, 6) is 0. The Morgan fingerprint density at radius 2 is 2.20 bits per heavy atom. The van der Waals surface area contributed by atoms with Crippen molar-refractivity contribution in [1.82, 2.24) is 15.6 Å². The number of carbonyl (C=O) groups excluding carboxylic acids is 1. The van der Waals surface area contributed by atoms with Crippen LogP contribution in [0, 0.1) is 6.92 Å². The molecule has 0 bridgehead atoms. The van der Waals surface area contributed by atoms with Gasteiger partial charge in [0.2, 0.25) is 0 Å². The second-order valence-corrected chi connectivity index (χ2v) is 6.80. The SMILES string of the molecule is CCC(CNCc1csc(C)n1)NC(=O)OC(C)(C)C. The van der Waals surface area contributed by atoms with Crippen molar-refractivity contribution in [2.24, 2.45) is 0 Å². The Morgan fingerprint density at radius 3 is 2.70 bits per heavy atom. The molecule has 1 unspecified atom stereocenters. The van der Waals surface area contributed by atoms with Crippen molar-refractivity contribution in [2.75, 3.05) is 6.54 Å². The molecule has 0 aliphatic rings. The molecule has 0 aromatic carbocycles. The van der Waals surface area contributed by atoms with Crippen molar-refractivity contribution in [2.45, 2.75) is 59.2 Å². The first-order chi connectivity index (χ1) is 9.30. The van der Waals surface area contributed by atoms with Crippen LogP contribution >= 0.6 is 11.3 Å². The van der Waals surface area contributed by atoms with Crippen LogP contribution in [0.15, 0.2) is 5.38 Å². The average molecular weight is 299 g/mol. The Kier molecular flexibility index (Phi) is 6.42. The first-order valence-corrected chi connectivity index (χ1v) is 7.79. The van der Waals surface area contributed by atoms with E-state index in [0.29, 0.717) is 6.54 Å². The molecule has 5 nitrogen and oxygen atoms in total. The van der Waals surface area contributed by atoms with Gasteiger partial charge >= 0.3 is 6.09 Å². The van der Waals surface area contributed by atoms with Crippen LogP contribution in [0.5, 0.6) is 0 Å². The fraction of sp³-hybridized carbons (Fsp3) is 0.714. The Morgan fingerprint density at radius 1 is 1.50 bits per heavy atom. The highest BCUT2D eigenvalue weighted by Crippen LogP contribution is 2.08. The predicted molar refractivity (Wildman–Crippen MR) is 82.0 cm³/mol. The van der Waals surface area contributed by atoms with Crippen LogP contribution in [0.1, 0.15) is 44.8 Å². The minimum Gasteiger partial charge on any atom is -0.444 e. The van der Waals surface area contributed by atoms with E-state index >= 15 is 0 Å². The molecule has 0 fully saturated rings. The number of alkyl carbamates (subject to hydrolysis) is 1. The standard InChI is InChI=1S/C14H25N3O2S/c1-6-11(17-13(18)19-14(3,4)5)7-15-8-12-9-20-10(2)16-12/h9,11,15H,6-8H2,1-5H3,(H,17,18). The highest BCUT2D eigenvalue weighted by Gasteiger charge is 2.18. The molecule has 0 saturated heterocycles. The third-order valence-electron chi connectivity index (χ3n) is 2.58. The smallest absolute Gasteiger partial charge is 0.407 e. The second kappa shape index (κ2) is 7.59. The summed E-state index contributed by atoms with van der Waals surface area (Å²) in [6.45, 7) is 11.0. The first kappa shape index (κ1) is 16.9. The molecule has 0 radical (unpaired) electrons. The van der Waals surface area contributed by atoms with Crippen LogP contribution in [0.2, 0.25) is 0 Å². The van der Waals surface area contributed by atoms with E-state index in [0.717, 1.165) is 23.7 Å². The van der Waals surface area contributed by atoms with Gasteiger partial charge in [-0.25, -0.2) is 9.78 Å². The maximum atomic E-state index is 11.7. The topological polar surface area (TPSA) is 63.2 Å². The number of hydrogen-bond donors (Lipinski definition) is 2. The summed E-state index contributed by atoms with van der Waals surface area (Å²) in [5.41, 5.74) is 0.577. The van der Waals surface area contributed by atoms with E-state index < -0.39 is 5.60 Å². The largest absolute Gasteiger partial charge is 0.444 e. The van der Waals surface area contributed by atoms with Gasteiger partial charge in [0.15, 0.2) is 0 Å². The van der Waals surface area contributed by atoms with E-state index in [1.54, 1.807) is 11.3 Å². The molecule has 6 heteroatoms. The first-order valence-electron chi connectivity index (χ1n) is 6.91. The Hall–Kier alpha value is -1.14. The molecule has 1 aromatic rings. The summed E-state index contributed by atoms with van der Waals surface area (Å²) in [6.07, 6.45) is 0.484. The van der Waals surface area contributed by atoms with Crippen LogP contribution in [-0.4, -0.2) is 29.3 Å². The summed E-state index contributed by atoms with van der Waals surface area (Å²) in [6, 6.07) is 0.0598. The molecule has 1 amide bonds. The number of nitrogens with one attached hydrogen (secondary N) is 2. The van der Waals surface area contributed by atoms with Crippen LogP contribution < -0.4 is 10.6 Å². The van der Waals surface area contributed by atoms with Crippen molar-refractivity contribution in [1.29, 1.82) is 0 Å². The molecule has 1 aromatic heterocycles. The number of thiazole rings is 1. The lowest BCUT2D eigenvalue weighted by atomic mass is 10.2. The zero-order valence-electron chi connectivity index (χ0n) is 12.9. The quantitative estimate of drug-likeness (QED) is 0.848. The van der Waals surface area contributed by atoms with Crippen molar-refractivity contribution in [3.63, 3.8) is 0 Å². The Bertz CT molecular complexity index is 426. The number of nitrogens with zero attached hydrogens (tertiary/aromatic N) is 1. The fourth-order valence-electron chi connectivity index (χ4n) is 1.64. The molecular weight excluding hydrogens is 274 g/mol. The van der Waals surface area contributed by atoms with Gasteiger partial charge in [-0.15, -0.1) is 11.3 Å². The zero-order chi connectivity index (χ0) is 15.2. The fourth-order valence-corrected chi connectivity index (χ4v) is 2.25. The van der Waals surface area contributed by atoms with E-state index in [-0.39, 0.29) is 12.1 Å². The number of carbonyl (C=O) groups is 1. The van der Waals surface area contributed by atoms with Gasteiger partial charge in [0.25, 0.3) is 0 Å². The lowest BCUT2D eigenvalue weighted by Gasteiger charge is -2.23. The zero-order valence-corrected chi connectivity index (χ0v) is 13.8. The third kappa shape index (κ3) is 6.86. The Balaban J connectivity index is 2.30. The lowest BCUT2D eigenvalue weighted by Crippen LogP contribution is -2.43. The normalized spacial score (nSPS) is 13.1. The van der Waals surface area contributed by atoms with Crippen LogP contribution in [0.4, 0.5) is 4.79 Å². The van der Waals surface area contributed by atoms with Crippen LogP contribution in [0.25, 0.3) is 0 Å².